The highest BCUT2D eigenvalue weighted by molar-refractivity contribution is 7.99. The summed E-state index contributed by atoms with van der Waals surface area (Å²) in [6.07, 6.45) is 4.96. The third-order valence-corrected chi connectivity index (χ3v) is 6.69. The summed E-state index contributed by atoms with van der Waals surface area (Å²) in [6.45, 7) is 5.44. The van der Waals surface area contributed by atoms with E-state index in [4.69, 9.17) is 4.74 Å². The quantitative estimate of drug-likeness (QED) is 0.437. The fourth-order valence-electron chi connectivity index (χ4n) is 4.15. The first-order chi connectivity index (χ1) is 14.7. The van der Waals surface area contributed by atoms with Crippen molar-refractivity contribution in [2.24, 2.45) is 5.92 Å². The van der Waals surface area contributed by atoms with E-state index in [0.29, 0.717) is 29.4 Å². The van der Waals surface area contributed by atoms with Gasteiger partial charge in [-0.2, -0.15) is 0 Å². The van der Waals surface area contributed by atoms with Crippen LogP contribution < -0.4 is 20.9 Å². The highest BCUT2D eigenvalue weighted by Gasteiger charge is 2.34. The van der Waals surface area contributed by atoms with Crippen molar-refractivity contribution in [1.82, 2.24) is 30.9 Å². The molecule has 0 radical (unpaired) electrons. The van der Waals surface area contributed by atoms with Crippen molar-refractivity contribution in [3.63, 3.8) is 0 Å². The molecule has 0 bridgehead atoms. The zero-order valence-corrected chi connectivity index (χ0v) is 18.0. The Balaban J connectivity index is 1.37. The summed E-state index contributed by atoms with van der Waals surface area (Å²) in [7, 11) is 1.64. The molecule has 1 saturated heterocycles. The highest BCUT2D eigenvalue weighted by atomic mass is 32.2. The van der Waals surface area contributed by atoms with Crippen LogP contribution in [0.3, 0.4) is 0 Å². The lowest BCUT2D eigenvalue weighted by Gasteiger charge is -2.31. The lowest BCUT2D eigenvalue weighted by Crippen LogP contribution is -2.45. The average Bonchev–Trinajstić information content (AvgIpc) is 3.39. The van der Waals surface area contributed by atoms with E-state index in [-0.39, 0.29) is 11.9 Å². The van der Waals surface area contributed by atoms with Crippen LogP contribution in [-0.4, -0.2) is 52.2 Å². The Kier molecular flexibility index (Phi) is 6.71. The van der Waals surface area contributed by atoms with Gasteiger partial charge in [-0.3, -0.25) is 20.2 Å². The third-order valence-electron chi connectivity index (χ3n) is 5.72. The molecule has 1 aliphatic carbocycles. The molecule has 2 aliphatic rings. The van der Waals surface area contributed by atoms with Crippen LogP contribution in [0.4, 0.5) is 0 Å². The van der Waals surface area contributed by atoms with Crippen LogP contribution >= 0.6 is 11.8 Å². The standard InChI is InChI=1S/C21H28N6O2S/c1-3-10-27-20(14-5-8-17(29-2)9-6-14)25-26-21(27)30-13-19(28)23-16-7-4-15-12-22-24-18(15)11-16/h3,5-6,8-9,15-16,18,22,24H,1,4,7,10-13H2,2H3,(H,23,28). The lowest BCUT2D eigenvalue weighted by molar-refractivity contribution is -0.119. The van der Waals surface area contributed by atoms with Crippen molar-refractivity contribution in [3.8, 4) is 17.1 Å². The molecule has 2 fully saturated rings. The highest BCUT2D eigenvalue weighted by Crippen LogP contribution is 2.28. The first kappa shape index (κ1) is 20.9. The number of fused-ring (bicyclic) bond motifs is 1. The predicted molar refractivity (Wildman–Crippen MR) is 117 cm³/mol. The smallest absolute Gasteiger partial charge is 0.230 e. The SMILES string of the molecule is C=CCn1c(SCC(=O)NC2CCC3CNNC3C2)nnc1-c1ccc(OC)cc1. The molecule has 3 unspecified atom stereocenters. The summed E-state index contributed by atoms with van der Waals surface area (Å²) in [5, 5.41) is 12.6. The van der Waals surface area contributed by atoms with Crippen molar-refractivity contribution >= 4 is 17.7 Å². The number of allylic oxidation sites excluding steroid dienone is 1. The molecule has 4 rings (SSSR count). The van der Waals surface area contributed by atoms with Gasteiger partial charge in [0, 0.05) is 30.7 Å². The van der Waals surface area contributed by atoms with Crippen LogP contribution in [0.1, 0.15) is 19.3 Å². The molecule has 8 nitrogen and oxygen atoms in total. The summed E-state index contributed by atoms with van der Waals surface area (Å²) < 4.78 is 7.20. The Morgan fingerprint density at radius 3 is 2.97 bits per heavy atom. The molecule has 3 atom stereocenters. The number of nitrogens with zero attached hydrogens (tertiary/aromatic N) is 3. The Morgan fingerprint density at radius 1 is 1.37 bits per heavy atom. The number of aromatic nitrogens is 3. The van der Waals surface area contributed by atoms with Crippen molar-refractivity contribution in [1.29, 1.82) is 0 Å². The molecule has 9 heteroatoms. The normalized spacial score (nSPS) is 23.0. The zero-order valence-electron chi connectivity index (χ0n) is 17.1. The second kappa shape index (κ2) is 9.63. The second-order valence-corrected chi connectivity index (χ2v) is 8.63. The van der Waals surface area contributed by atoms with Crippen LogP contribution in [0, 0.1) is 5.92 Å². The topological polar surface area (TPSA) is 93.1 Å². The number of nitrogens with one attached hydrogen (secondary N) is 3. The first-order valence-corrected chi connectivity index (χ1v) is 11.3. The number of carbonyl (C=O) groups excluding carboxylic acids is 1. The van der Waals surface area contributed by atoms with Gasteiger partial charge < -0.3 is 10.1 Å². The van der Waals surface area contributed by atoms with Crippen molar-refractivity contribution in [3.05, 3.63) is 36.9 Å². The Hall–Kier alpha value is -2.36. The molecule has 1 aromatic carbocycles. The number of hydrazine groups is 1. The van der Waals surface area contributed by atoms with E-state index < -0.39 is 0 Å². The van der Waals surface area contributed by atoms with E-state index in [1.807, 2.05) is 34.9 Å². The van der Waals surface area contributed by atoms with E-state index in [1.165, 1.54) is 11.8 Å². The van der Waals surface area contributed by atoms with Gasteiger partial charge in [-0.05, 0) is 49.4 Å². The van der Waals surface area contributed by atoms with Crippen molar-refractivity contribution in [2.75, 3.05) is 19.4 Å². The lowest BCUT2D eigenvalue weighted by atomic mass is 9.83. The van der Waals surface area contributed by atoms with Gasteiger partial charge in [0.05, 0.1) is 12.9 Å². The van der Waals surface area contributed by atoms with Gasteiger partial charge in [0.2, 0.25) is 5.91 Å². The van der Waals surface area contributed by atoms with Gasteiger partial charge in [0.15, 0.2) is 11.0 Å². The maximum atomic E-state index is 12.5. The van der Waals surface area contributed by atoms with Gasteiger partial charge in [0.1, 0.15) is 5.75 Å². The van der Waals surface area contributed by atoms with E-state index in [9.17, 15) is 4.79 Å². The maximum Gasteiger partial charge on any atom is 0.230 e. The number of rotatable bonds is 8. The molecular formula is C21H28N6O2S. The Labute approximate surface area is 180 Å². The molecular weight excluding hydrogens is 400 g/mol. The van der Waals surface area contributed by atoms with Crippen LogP contribution in [0.2, 0.25) is 0 Å². The van der Waals surface area contributed by atoms with Gasteiger partial charge in [-0.15, -0.1) is 16.8 Å². The molecule has 1 aliphatic heterocycles. The van der Waals surface area contributed by atoms with Gasteiger partial charge in [-0.25, -0.2) is 0 Å². The number of ether oxygens (including phenoxy) is 1. The molecule has 30 heavy (non-hydrogen) atoms. The summed E-state index contributed by atoms with van der Waals surface area (Å²) in [5.74, 6) is 2.57. The van der Waals surface area contributed by atoms with Crippen LogP contribution in [0.15, 0.2) is 42.1 Å². The monoisotopic (exact) mass is 428 g/mol. The molecule has 1 amide bonds. The molecule has 3 N–H and O–H groups in total. The fourth-order valence-corrected chi connectivity index (χ4v) is 4.91. The largest absolute Gasteiger partial charge is 0.497 e. The van der Waals surface area contributed by atoms with E-state index in [1.54, 1.807) is 7.11 Å². The minimum absolute atomic E-state index is 0.0357. The molecule has 1 saturated carbocycles. The van der Waals surface area contributed by atoms with E-state index >= 15 is 0 Å². The van der Waals surface area contributed by atoms with Crippen molar-refractivity contribution < 1.29 is 9.53 Å². The maximum absolute atomic E-state index is 12.5. The minimum Gasteiger partial charge on any atom is -0.497 e. The number of benzene rings is 1. The zero-order chi connectivity index (χ0) is 20.9. The number of hydrogen-bond donors (Lipinski definition) is 3. The number of thioether (sulfide) groups is 1. The molecule has 1 aromatic heterocycles. The van der Waals surface area contributed by atoms with Crippen LogP contribution in [0.5, 0.6) is 5.75 Å². The Bertz CT molecular complexity index is 884. The van der Waals surface area contributed by atoms with Crippen molar-refractivity contribution in [2.45, 2.75) is 43.0 Å². The average molecular weight is 429 g/mol. The van der Waals surface area contributed by atoms with E-state index in [2.05, 4.69) is 32.9 Å². The fraction of sp³-hybridized carbons (Fsp3) is 0.476. The number of methoxy groups -OCH3 is 1. The predicted octanol–water partition coefficient (Wildman–Crippen LogP) is 1.99. The number of amides is 1. The second-order valence-electron chi connectivity index (χ2n) is 7.69. The van der Waals surface area contributed by atoms with E-state index in [0.717, 1.165) is 42.9 Å². The third kappa shape index (κ3) is 4.69. The van der Waals surface area contributed by atoms with Crippen LogP contribution in [-0.2, 0) is 11.3 Å². The van der Waals surface area contributed by atoms with Gasteiger partial charge >= 0.3 is 0 Å². The van der Waals surface area contributed by atoms with Gasteiger partial charge in [0.25, 0.3) is 0 Å². The summed E-state index contributed by atoms with van der Waals surface area (Å²) >= 11 is 1.40. The molecule has 2 aromatic rings. The summed E-state index contributed by atoms with van der Waals surface area (Å²) in [6, 6.07) is 8.38. The first-order valence-electron chi connectivity index (χ1n) is 10.3. The number of hydrogen-bond acceptors (Lipinski definition) is 7. The molecule has 2 heterocycles. The summed E-state index contributed by atoms with van der Waals surface area (Å²) in [4.78, 5) is 12.5. The Morgan fingerprint density at radius 2 is 2.20 bits per heavy atom. The van der Waals surface area contributed by atoms with Gasteiger partial charge in [-0.1, -0.05) is 17.8 Å². The summed E-state index contributed by atoms with van der Waals surface area (Å²) in [5.41, 5.74) is 7.49. The molecule has 160 valence electrons. The molecule has 0 spiro atoms. The van der Waals surface area contributed by atoms with Crippen LogP contribution in [0.25, 0.3) is 11.4 Å². The number of carbonyl (C=O) groups is 1. The minimum atomic E-state index is 0.0357.